The Morgan fingerprint density at radius 3 is 2.26 bits per heavy atom. The van der Waals surface area contributed by atoms with Crippen LogP contribution in [0.3, 0.4) is 0 Å². The van der Waals surface area contributed by atoms with Crippen molar-refractivity contribution in [3.8, 4) is 16.9 Å². The Hall–Kier alpha value is -5.19. The molecule has 220 valence electrons. The fourth-order valence-corrected chi connectivity index (χ4v) is 4.77. The normalized spacial score (nSPS) is 14.6. The minimum absolute atomic E-state index is 0.0246. The van der Waals surface area contributed by atoms with Gasteiger partial charge in [0.2, 0.25) is 0 Å². The zero-order valence-corrected chi connectivity index (χ0v) is 23.1. The van der Waals surface area contributed by atoms with E-state index in [0.717, 1.165) is 46.4 Å². The monoisotopic (exact) mass is 591 g/mol. The van der Waals surface area contributed by atoms with Crippen molar-refractivity contribution in [3.05, 3.63) is 106 Å². The van der Waals surface area contributed by atoms with Gasteiger partial charge in [0.05, 0.1) is 17.2 Å². The van der Waals surface area contributed by atoms with Gasteiger partial charge in [-0.05, 0) is 79.4 Å². The molecule has 1 amide bonds. The van der Waals surface area contributed by atoms with Gasteiger partial charge in [-0.1, -0.05) is 30.3 Å². The highest BCUT2D eigenvalue weighted by Gasteiger charge is 2.39. The summed E-state index contributed by atoms with van der Waals surface area (Å²) in [4.78, 5) is 26.0. The second kappa shape index (κ2) is 10.9. The number of nitrogens with one attached hydrogen (secondary N) is 1. The third-order valence-electron chi connectivity index (χ3n) is 7.43. The number of phenolic OH excluding ortho intramolecular Hbond substituents is 1. The highest BCUT2D eigenvalue weighted by Crippen LogP contribution is 2.41. The average Bonchev–Trinajstić information content (AvgIpc) is 3.24. The number of rotatable bonds is 6. The van der Waals surface area contributed by atoms with Crippen molar-refractivity contribution in [2.24, 2.45) is 5.10 Å². The second-order valence-corrected chi connectivity index (χ2v) is 10.2. The van der Waals surface area contributed by atoms with E-state index in [4.69, 9.17) is 0 Å². The Morgan fingerprint density at radius 2 is 1.63 bits per heavy atom. The highest BCUT2D eigenvalue weighted by molar-refractivity contribution is 6.55. The summed E-state index contributed by atoms with van der Waals surface area (Å²) in [5.41, 5.74) is 4.28. The van der Waals surface area contributed by atoms with Crippen molar-refractivity contribution in [2.75, 3.05) is 10.3 Å². The Kier molecular flexibility index (Phi) is 7.43. The summed E-state index contributed by atoms with van der Waals surface area (Å²) >= 11 is 0. The van der Waals surface area contributed by atoms with Crippen LogP contribution < -0.4 is 10.3 Å². The third kappa shape index (κ3) is 5.53. The highest BCUT2D eigenvalue weighted by atomic mass is 19.4. The molecular weight excluding hydrogens is 566 g/mol. The van der Waals surface area contributed by atoms with Gasteiger partial charge in [0.25, 0.3) is 5.91 Å². The number of phenols is 1. The summed E-state index contributed by atoms with van der Waals surface area (Å²) in [6.07, 6.45) is -4.65. The number of carboxylic acids is 1. The molecule has 4 aromatic carbocycles. The largest absolute Gasteiger partial charge is 0.505 e. The Balaban J connectivity index is 1.54. The van der Waals surface area contributed by atoms with E-state index in [2.05, 4.69) is 10.5 Å². The molecule has 4 aromatic rings. The first-order valence-corrected chi connectivity index (χ1v) is 13.1. The maximum Gasteiger partial charge on any atom is 0.416 e. The molecule has 43 heavy (non-hydrogen) atoms. The van der Waals surface area contributed by atoms with Gasteiger partial charge in [0.1, 0.15) is 17.3 Å². The quantitative estimate of drug-likeness (QED) is 0.122. The van der Waals surface area contributed by atoms with Crippen molar-refractivity contribution in [1.29, 1.82) is 0 Å². The van der Waals surface area contributed by atoms with Crippen LogP contribution in [0.1, 0.15) is 40.7 Å². The van der Waals surface area contributed by atoms with E-state index >= 15 is 0 Å². The molecule has 1 atom stereocenters. The van der Waals surface area contributed by atoms with Crippen molar-refractivity contribution < 1.29 is 37.4 Å². The molecule has 1 aliphatic rings. The van der Waals surface area contributed by atoms with E-state index in [-0.39, 0.29) is 28.2 Å². The minimum Gasteiger partial charge on any atom is -0.505 e. The van der Waals surface area contributed by atoms with Gasteiger partial charge in [-0.2, -0.15) is 18.3 Å². The standard InChI is InChI=1S/C32H25F4N3O4/c1-16-4-10-23(12-17(16)2)39-27-13-21(32(34,35)36)9-11-24(27)28(30(39)41)38-37-26-15-22(33)14-25(29(26)40)20-7-5-19(6-8-20)18(3)31(42)43/h4-15,18,37,40H,1-3H3,(H,42,43)/b38-28-. The van der Waals surface area contributed by atoms with Gasteiger partial charge in [-0.15, -0.1) is 0 Å². The van der Waals surface area contributed by atoms with Gasteiger partial charge in [-0.3, -0.25) is 19.9 Å². The summed E-state index contributed by atoms with van der Waals surface area (Å²) in [7, 11) is 0. The zero-order valence-electron chi connectivity index (χ0n) is 23.1. The lowest BCUT2D eigenvalue weighted by Crippen LogP contribution is -2.26. The molecule has 1 heterocycles. The number of nitrogens with zero attached hydrogens (tertiary/aromatic N) is 2. The number of carboxylic acid groups (broad SMARTS) is 1. The van der Waals surface area contributed by atoms with Gasteiger partial charge in [-0.25, -0.2) is 4.39 Å². The molecular formula is C32H25F4N3O4. The SMILES string of the molecule is Cc1ccc(N2C(=O)/C(=N\Nc3cc(F)cc(-c4ccc(C(C)C(=O)O)cc4)c3O)c3ccc(C(F)(F)F)cc32)cc1C. The lowest BCUT2D eigenvalue weighted by Gasteiger charge is -2.19. The minimum atomic E-state index is -4.65. The number of anilines is 3. The van der Waals surface area contributed by atoms with Crippen LogP contribution in [0, 0.1) is 19.7 Å². The summed E-state index contributed by atoms with van der Waals surface area (Å²) in [6.45, 7) is 5.20. The van der Waals surface area contributed by atoms with Gasteiger partial charge < -0.3 is 10.2 Å². The number of aromatic hydroxyl groups is 1. The number of carbonyl (C=O) groups excluding carboxylic acids is 1. The van der Waals surface area contributed by atoms with Crippen LogP contribution in [0.15, 0.2) is 77.9 Å². The van der Waals surface area contributed by atoms with Crippen molar-refractivity contribution in [2.45, 2.75) is 32.9 Å². The fraction of sp³-hybridized carbons (Fsp3) is 0.156. The number of fused-ring (bicyclic) bond motifs is 1. The number of hydrogen-bond donors (Lipinski definition) is 3. The number of hydrazone groups is 1. The molecule has 0 radical (unpaired) electrons. The summed E-state index contributed by atoms with van der Waals surface area (Å²) in [5.74, 6) is -3.66. The maximum absolute atomic E-state index is 14.7. The van der Waals surface area contributed by atoms with Crippen LogP contribution in [-0.4, -0.2) is 27.8 Å². The number of aryl methyl sites for hydroxylation is 2. The van der Waals surface area contributed by atoms with E-state index in [1.54, 1.807) is 30.3 Å². The smallest absolute Gasteiger partial charge is 0.416 e. The molecule has 0 fully saturated rings. The molecule has 5 rings (SSSR count). The molecule has 0 aromatic heterocycles. The van der Waals surface area contributed by atoms with E-state index in [1.807, 2.05) is 13.8 Å². The van der Waals surface area contributed by atoms with Gasteiger partial charge >= 0.3 is 12.1 Å². The van der Waals surface area contributed by atoms with Crippen LogP contribution in [0.2, 0.25) is 0 Å². The summed E-state index contributed by atoms with van der Waals surface area (Å²) in [6, 6.07) is 16.1. The lowest BCUT2D eigenvalue weighted by atomic mass is 9.97. The number of halogens is 4. The first-order valence-electron chi connectivity index (χ1n) is 13.1. The van der Waals surface area contributed by atoms with Crippen LogP contribution >= 0.6 is 0 Å². The zero-order chi connectivity index (χ0) is 31.2. The molecule has 0 saturated heterocycles. The Morgan fingerprint density at radius 1 is 0.930 bits per heavy atom. The fourth-order valence-electron chi connectivity index (χ4n) is 4.77. The van der Waals surface area contributed by atoms with Crippen molar-refractivity contribution in [3.63, 3.8) is 0 Å². The molecule has 7 nitrogen and oxygen atoms in total. The number of aliphatic carboxylic acids is 1. The van der Waals surface area contributed by atoms with Crippen LogP contribution in [0.5, 0.6) is 5.75 Å². The van der Waals surface area contributed by atoms with E-state index in [9.17, 15) is 37.4 Å². The third-order valence-corrected chi connectivity index (χ3v) is 7.43. The molecule has 3 N–H and O–H groups in total. The first-order chi connectivity index (χ1) is 20.3. The maximum atomic E-state index is 14.7. The van der Waals surface area contributed by atoms with E-state index in [0.29, 0.717) is 16.8 Å². The number of alkyl halides is 3. The molecule has 0 saturated carbocycles. The summed E-state index contributed by atoms with van der Waals surface area (Å²) in [5, 5.41) is 24.3. The number of hydrogen-bond acceptors (Lipinski definition) is 5. The predicted molar refractivity (Wildman–Crippen MR) is 154 cm³/mol. The lowest BCUT2D eigenvalue weighted by molar-refractivity contribution is -0.138. The van der Waals surface area contributed by atoms with E-state index in [1.165, 1.54) is 19.1 Å². The predicted octanol–water partition coefficient (Wildman–Crippen LogP) is 7.52. The van der Waals surface area contributed by atoms with Crippen LogP contribution in [-0.2, 0) is 15.8 Å². The molecule has 0 bridgehead atoms. The van der Waals surface area contributed by atoms with Gasteiger partial charge in [0, 0.05) is 22.9 Å². The number of carbonyl (C=O) groups is 2. The first kappa shape index (κ1) is 29.3. The van der Waals surface area contributed by atoms with Crippen molar-refractivity contribution in [1.82, 2.24) is 0 Å². The molecule has 1 unspecified atom stereocenters. The Labute approximate surface area is 243 Å². The molecule has 0 aliphatic carbocycles. The summed E-state index contributed by atoms with van der Waals surface area (Å²) < 4.78 is 55.4. The second-order valence-electron chi connectivity index (χ2n) is 10.2. The van der Waals surface area contributed by atoms with E-state index < -0.39 is 41.1 Å². The van der Waals surface area contributed by atoms with Gasteiger partial charge in [0.15, 0.2) is 5.71 Å². The van der Waals surface area contributed by atoms with Crippen molar-refractivity contribution >= 4 is 34.7 Å². The Bertz CT molecular complexity index is 1800. The molecule has 0 spiro atoms. The number of benzene rings is 4. The number of amides is 1. The van der Waals surface area contributed by atoms with Crippen LogP contribution in [0.4, 0.5) is 34.6 Å². The van der Waals surface area contributed by atoms with Crippen LogP contribution in [0.25, 0.3) is 11.1 Å². The molecule has 11 heteroatoms. The average molecular weight is 592 g/mol. The topological polar surface area (TPSA) is 102 Å². The molecule has 1 aliphatic heterocycles.